The van der Waals surface area contributed by atoms with E-state index < -0.39 is 0 Å². The number of rotatable bonds is 8. The summed E-state index contributed by atoms with van der Waals surface area (Å²) in [5.41, 5.74) is 5.04. The molecule has 0 atom stereocenters. The highest BCUT2D eigenvalue weighted by atomic mass is 16.5. The predicted octanol–water partition coefficient (Wildman–Crippen LogP) is 4.49. The van der Waals surface area contributed by atoms with Gasteiger partial charge in [-0.2, -0.15) is 0 Å². The molecule has 11 heteroatoms. The lowest BCUT2D eigenvalue weighted by atomic mass is 9.87. The number of piperazine rings is 1. The maximum absolute atomic E-state index is 13.0. The Labute approximate surface area is 234 Å². The van der Waals surface area contributed by atoms with Crippen molar-refractivity contribution in [1.29, 1.82) is 0 Å². The van der Waals surface area contributed by atoms with Crippen LogP contribution in [-0.4, -0.2) is 73.1 Å². The van der Waals surface area contributed by atoms with Gasteiger partial charge in [0, 0.05) is 61.7 Å². The van der Waals surface area contributed by atoms with Crippen LogP contribution in [0.25, 0.3) is 16.9 Å². The summed E-state index contributed by atoms with van der Waals surface area (Å²) in [6.07, 6.45) is 7.96. The van der Waals surface area contributed by atoms with Crippen LogP contribution in [0.3, 0.4) is 0 Å². The highest BCUT2D eigenvalue weighted by Crippen LogP contribution is 2.28. The Hall–Kier alpha value is -4.12. The van der Waals surface area contributed by atoms with Crippen molar-refractivity contribution in [3.63, 3.8) is 0 Å². The highest BCUT2D eigenvalue weighted by Gasteiger charge is 2.24. The van der Waals surface area contributed by atoms with Crippen LogP contribution in [0, 0.1) is 6.92 Å². The average molecular weight is 544 g/mol. The third-order valence-corrected chi connectivity index (χ3v) is 7.82. The number of carbonyl (C=O) groups excluding carboxylic acids is 1. The Balaban J connectivity index is 1.32. The Morgan fingerprint density at radius 3 is 2.60 bits per heavy atom. The summed E-state index contributed by atoms with van der Waals surface area (Å²) in [7, 11) is 0. The molecular weight excluding hydrogens is 506 g/mol. The fraction of sp³-hybridized carbons (Fsp3) is 0.448. The van der Waals surface area contributed by atoms with Crippen molar-refractivity contribution in [2.24, 2.45) is 0 Å². The van der Waals surface area contributed by atoms with Gasteiger partial charge in [0.05, 0.1) is 40.7 Å². The zero-order valence-electron chi connectivity index (χ0n) is 24.0. The van der Waals surface area contributed by atoms with E-state index in [1.807, 2.05) is 19.3 Å². The van der Waals surface area contributed by atoms with E-state index in [-0.39, 0.29) is 11.3 Å². The van der Waals surface area contributed by atoms with E-state index in [1.165, 1.54) is 6.20 Å². The molecule has 1 aliphatic heterocycles. The normalized spacial score (nSPS) is 14.6. The van der Waals surface area contributed by atoms with Gasteiger partial charge in [0.15, 0.2) is 0 Å². The van der Waals surface area contributed by atoms with Gasteiger partial charge in [0.2, 0.25) is 5.88 Å². The average Bonchev–Trinajstić information content (AvgIpc) is 3.64. The number of aromatic nitrogens is 6. The Morgan fingerprint density at radius 2 is 1.88 bits per heavy atom. The van der Waals surface area contributed by atoms with Gasteiger partial charge in [-0.15, -0.1) is 5.10 Å². The minimum Gasteiger partial charge on any atom is -0.368 e. The molecule has 1 N–H and O–H groups in total. The highest BCUT2D eigenvalue weighted by molar-refractivity contribution is 6.03. The SMILES string of the molecule is CCC(C)(C)c1cc(NC(=O)c2cnc(C)c(-n3cc(-c4cncc(N5CCN(C(C)C)CC5)c4)nn3)c2)on1. The second-order valence-electron chi connectivity index (χ2n) is 11.2. The smallest absolute Gasteiger partial charge is 0.259 e. The van der Waals surface area contributed by atoms with Crippen molar-refractivity contribution in [3.05, 3.63) is 59.9 Å². The zero-order valence-corrected chi connectivity index (χ0v) is 24.0. The Morgan fingerprint density at radius 1 is 1.10 bits per heavy atom. The topological polar surface area (TPSA) is 118 Å². The number of anilines is 2. The molecule has 11 nitrogen and oxygen atoms in total. The number of aryl methyl sites for hydroxylation is 1. The molecule has 1 aliphatic rings. The third kappa shape index (κ3) is 5.74. The fourth-order valence-electron chi connectivity index (χ4n) is 4.65. The van der Waals surface area contributed by atoms with Crippen molar-refractivity contribution in [2.75, 3.05) is 36.4 Å². The van der Waals surface area contributed by atoms with Gasteiger partial charge in [-0.1, -0.05) is 31.1 Å². The lowest BCUT2D eigenvalue weighted by Gasteiger charge is -2.38. The molecule has 5 heterocycles. The number of pyridine rings is 2. The van der Waals surface area contributed by atoms with Crippen LogP contribution in [0.15, 0.2) is 47.5 Å². The van der Waals surface area contributed by atoms with Crippen LogP contribution in [0.1, 0.15) is 62.8 Å². The van der Waals surface area contributed by atoms with E-state index in [2.05, 4.69) is 81.2 Å². The van der Waals surface area contributed by atoms with E-state index in [4.69, 9.17) is 4.52 Å². The summed E-state index contributed by atoms with van der Waals surface area (Å²) in [6, 6.07) is 6.16. The standard InChI is InChI=1S/C29H37N9O2/c1-7-29(5,6)26-14-27(40-34-26)32-28(39)22-13-25(20(4)31-16-22)38-18-24(33-35-38)21-12-23(17-30-15-21)37-10-8-36(9-11-37)19(2)3/h12-19H,7-11H2,1-6H3,(H,32,39). The first-order valence-electron chi connectivity index (χ1n) is 13.8. The Kier molecular flexibility index (Phi) is 7.66. The molecule has 4 aromatic rings. The fourth-order valence-corrected chi connectivity index (χ4v) is 4.65. The molecule has 1 amide bonds. The van der Waals surface area contributed by atoms with Gasteiger partial charge < -0.3 is 9.42 Å². The van der Waals surface area contributed by atoms with Gasteiger partial charge in [-0.05, 0) is 39.3 Å². The summed E-state index contributed by atoms with van der Waals surface area (Å²) < 4.78 is 7.00. The molecular formula is C29H37N9O2. The van der Waals surface area contributed by atoms with Gasteiger partial charge in [0.1, 0.15) is 5.69 Å². The molecule has 0 unspecified atom stereocenters. The first-order chi connectivity index (χ1) is 19.1. The summed E-state index contributed by atoms with van der Waals surface area (Å²) in [5.74, 6) is -0.0507. The van der Waals surface area contributed by atoms with Crippen LogP contribution in [0.2, 0.25) is 0 Å². The van der Waals surface area contributed by atoms with E-state index in [1.54, 1.807) is 23.0 Å². The second kappa shape index (κ2) is 11.2. The molecule has 4 aromatic heterocycles. The lowest BCUT2D eigenvalue weighted by Crippen LogP contribution is -2.48. The van der Waals surface area contributed by atoms with Crippen LogP contribution < -0.4 is 10.2 Å². The van der Waals surface area contributed by atoms with Crippen LogP contribution >= 0.6 is 0 Å². The Bertz CT molecular complexity index is 1480. The van der Waals surface area contributed by atoms with Crippen molar-refractivity contribution >= 4 is 17.5 Å². The lowest BCUT2D eigenvalue weighted by molar-refractivity contribution is 0.102. The van der Waals surface area contributed by atoms with Gasteiger partial charge in [-0.3, -0.25) is 25.0 Å². The van der Waals surface area contributed by atoms with E-state index in [0.29, 0.717) is 28.9 Å². The van der Waals surface area contributed by atoms with E-state index in [9.17, 15) is 4.79 Å². The van der Waals surface area contributed by atoms with Crippen molar-refractivity contribution < 1.29 is 9.32 Å². The van der Waals surface area contributed by atoms with Gasteiger partial charge >= 0.3 is 0 Å². The minimum absolute atomic E-state index is 0.145. The van der Waals surface area contributed by atoms with Crippen molar-refractivity contribution in [1.82, 2.24) is 35.0 Å². The summed E-state index contributed by atoms with van der Waals surface area (Å²) >= 11 is 0. The molecule has 0 saturated carbocycles. The van der Waals surface area contributed by atoms with Gasteiger partial charge in [0.25, 0.3) is 5.91 Å². The number of amides is 1. The second-order valence-corrected chi connectivity index (χ2v) is 11.2. The predicted molar refractivity (Wildman–Crippen MR) is 154 cm³/mol. The first-order valence-corrected chi connectivity index (χ1v) is 13.8. The summed E-state index contributed by atoms with van der Waals surface area (Å²) in [6.45, 7) is 16.6. The van der Waals surface area contributed by atoms with E-state index >= 15 is 0 Å². The number of hydrogen-bond acceptors (Lipinski definition) is 9. The van der Waals surface area contributed by atoms with E-state index in [0.717, 1.165) is 55.2 Å². The van der Waals surface area contributed by atoms with Crippen molar-refractivity contribution in [2.45, 2.75) is 59.4 Å². The molecule has 210 valence electrons. The van der Waals surface area contributed by atoms with Crippen LogP contribution in [0.4, 0.5) is 11.6 Å². The zero-order chi connectivity index (χ0) is 28.4. The molecule has 0 spiro atoms. The first kappa shape index (κ1) is 27.4. The summed E-state index contributed by atoms with van der Waals surface area (Å²) in [4.78, 5) is 26.8. The molecule has 0 aliphatic carbocycles. The van der Waals surface area contributed by atoms with Crippen molar-refractivity contribution in [3.8, 4) is 16.9 Å². The number of carbonyl (C=O) groups is 1. The van der Waals surface area contributed by atoms with Crippen LogP contribution in [-0.2, 0) is 5.41 Å². The molecule has 40 heavy (non-hydrogen) atoms. The maximum Gasteiger partial charge on any atom is 0.259 e. The third-order valence-electron chi connectivity index (χ3n) is 7.82. The number of hydrogen-bond donors (Lipinski definition) is 1. The molecule has 0 bridgehead atoms. The van der Waals surface area contributed by atoms with Gasteiger partial charge in [-0.25, -0.2) is 4.68 Å². The minimum atomic E-state index is -0.347. The molecule has 0 aromatic carbocycles. The summed E-state index contributed by atoms with van der Waals surface area (Å²) in [5, 5.41) is 15.6. The molecule has 5 rings (SSSR count). The molecule has 0 radical (unpaired) electrons. The van der Waals surface area contributed by atoms with Crippen LogP contribution in [0.5, 0.6) is 0 Å². The number of nitrogens with one attached hydrogen (secondary N) is 1. The largest absolute Gasteiger partial charge is 0.368 e. The quantitative estimate of drug-likeness (QED) is 0.343. The number of nitrogens with zero attached hydrogens (tertiary/aromatic N) is 8. The molecule has 1 saturated heterocycles. The maximum atomic E-state index is 13.0. The monoisotopic (exact) mass is 543 g/mol. The molecule has 1 fully saturated rings.